The van der Waals surface area contributed by atoms with E-state index < -0.39 is 0 Å². The number of thiocarbonyl (C=S) groups is 1. The molecule has 0 saturated carbocycles. The normalized spacial score (nSPS) is 18.9. The Balaban J connectivity index is 1.73. The molecule has 1 fully saturated rings. The molecule has 0 unspecified atom stereocenters. The van der Waals surface area contributed by atoms with Crippen LogP contribution >= 0.6 is 23.8 Å². The highest BCUT2D eigenvalue weighted by Gasteiger charge is 2.41. The molecule has 150 valence electrons. The molecule has 3 heterocycles. The number of hydrogen-bond donors (Lipinski definition) is 1. The van der Waals surface area contributed by atoms with Gasteiger partial charge in [-0.3, -0.25) is 4.98 Å². The van der Waals surface area contributed by atoms with Gasteiger partial charge in [0.05, 0.1) is 18.3 Å². The molecule has 0 radical (unpaired) electrons. The van der Waals surface area contributed by atoms with E-state index in [2.05, 4.69) is 15.2 Å². The molecule has 0 spiro atoms. The van der Waals surface area contributed by atoms with Gasteiger partial charge in [-0.25, -0.2) is 0 Å². The van der Waals surface area contributed by atoms with Gasteiger partial charge >= 0.3 is 0 Å². The first-order valence-electron chi connectivity index (χ1n) is 9.41. The molecule has 0 amide bonds. The lowest BCUT2D eigenvalue weighted by Crippen LogP contribution is -2.32. The Hall–Kier alpha value is -2.41. The van der Waals surface area contributed by atoms with Crippen LogP contribution in [0.3, 0.4) is 0 Å². The largest absolute Gasteiger partial charge is 0.459 e. The Morgan fingerprint density at radius 3 is 2.86 bits per heavy atom. The first kappa shape index (κ1) is 19.9. The second kappa shape index (κ2) is 8.53. The van der Waals surface area contributed by atoms with Crippen LogP contribution in [0.1, 0.15) is 29.1 Å². The molecule has 2 aromatic heterocycles. The Morgan fingerprint density at radius 2 is 2.10 bits per heavy atom. The van der Waals surface area contributed by atoms with Crippen molar-refractivity contribution in [2.24, 2.45) is 0 Å². The lowest BCUT2D eigenvalue weighted by Gasteiger charge is -2.25. The SMILES string of the molecule is COCCN1C(=S)N[C@@H](c2ccccn2)[C@H]1c1ccc(-c2cc(Cl)ccc2C)o1. The molecule has 1 aromatic carbocycles. The number of ether oxygens (including phenoxy) is 1. The Bertz CT molecular complexity index is 1010. The number of benzene rings is 1. The predicted molar refractivity (Wildman–Crippen MR) is 118 cm³/mol. The summed E-state index contributed by atoms with van der Waals surface area (Å²) in [5.41, 5.74) is 3.00. The number of hydrogen-bond acceptors (Lipinski definition) is 4. The van der Waals surface area contributed by atoms with E-state index in [1.807, 2.05) is 55.5 Å². The molecule has 5 nitrogen and oxygen atoms in total. The van der Waals surface area contributed by atoms with E-state index in [0.717, 1.165) is 28.3 Å². The molecule has 1 N–H and O–H groups in total. The molecule has 0 bridgehead atoms. The van der Waals surface area contributed by atoms with Crippen LogP contribution in [0.5, 0.6) is 0 Å². The number of nitrogens with one attached hydrogen (secondary N) is 1. The smallest absolute Gasteiger partial charge is 0.170 e. The highest BCUT2D eigenvalue weighted by atomic mass is 35.5. The number of aromatic nitrogens is 1. The number of pyridine rings is 1. The van der Waals surface area contributed by atoms with Crippen LogP contribution in [0.2, 0.25) is 5.02 Å². The first-order chi connectivity index (χ1) is 14.1. The second-order valence-corrected chi connectivity index (χ2v) is 7.80. The molecular weight excluding hydrogens is 406 g/mol. The summed E-state index contributed by atoms with van der Waals surface area (Å²) in [5, 5.41) is 4.75. The molecule has 2 atom stereocenters. The summed E-state index contributed by atoms with van der Waals surface area (Å²) in [7, 11) is 1.69. The van der Waals surface area contributed by atoms with Crippen molar-refractivity contribution in [3.8, 4) is 11.3 Å². The van der Waals surface area contributed by atoms with Crippen molar-refractivity contribution in [2.75, 3.05) is 20.3 Å². The van der Waals surface area contributed by atoms with Crippen molar-refractivity contribution < 1.29 is 9.15 Å². The highest BCUT2D eigenvalue weighted by molar-refractivity contribution is 7.80. The minimum Gasteiger partial charge on any atom is -0.459 e. The summed E-state index contributed by atoms with van der Waals surface area (Å²) in [6.45, 7) is 3.26. The van der Waals surface area contributed by atoms with Gasteiger partial charge in [0, 0.05) is 30.4 Å². The molecule has 0 aliphatic carbocycles. The van der Waals surface area contributed by atoms with Gasteiger partial charge < -0.3 is 19.4 Å². The van der Waals surface area contributed by atoms with Crippen LogP contribution in [0, 0.1) is 6.92 Å². The summed E-state index contributed by atoms with van der Waals surface area (Å²) in [6.07, 6.45) is 1.79. The molecule has 1 aliphatic heterocycles. The van der Waals surface area contributed by atoms with E-state index in [9.17, 15) is 0 Å². The lowest BCUT2D eigenvalue weighted by molar-refractivity contribution is 0.158. The quantitative estimate of drug-likeness (QED) is 0.563. The molecule has 7 heteroatoms. The minimum atomic E-state index is -0.124. The van der Waals surface area contributed by atoms with E-state index in [1.165, 1.54) is 0 Å². The van der Waals surface area contributed by atoms with Gasteiger partial charge in [0.25, 0.3) is 0 Å². The summed E-state index contributed by atoms with van der Waals surface area (Å²) >= 11 is 11.8. The first-order valence-corrected chi connectivity index (χ1v) is 10.2. The predicted octanol–water partition coefficient (Wildman–Crippen LogP) is 4.92. The maximum atomic E-state index is 6.33. The third-order valence-corrected chi connectivity index (χ3v) is 5.70. The fourth-order valence-corrected chi connectivity index (χ4v) is 4.17. The number of methoxy groups -OCH3 is 1. The van der Waals surface area contributed by atoms with Crippen molar-refractivity contribution in [3.05, 3.63) is 76.8 Å². The Labute approximate surface area is 180 Å². The third-order valence-electron chi connectivity index (χ3n) is 5.12. The zero-order valence-electron chi connectivity index (χ0n) is 16.3. The van der Waals surface area contributed by atoms with E-state index in [4.69, 9.17) is 33.0 Å². The number of furan rings is 1. The van der Waals surface area contributed by atoms with Crippen LogP contribution in [0.4, 0.5) is 0 Å². The summed E-state index contributed by atoms with van der Waals surface area (Å²) in [6, 6.07) is 15.4. The van der Waals surface area contributed by atoms with Gasteiger partial charge in [0.2, 0.25) is 0 Å². The van der Waals surface area contributed by atoms with Gasteiger partial charge in [-0.1, -0.05) is 23.7 Å². The summed E-state index contributed by atoms with van der Waals surface area (Å²) in [4.78, 5) is 6.64. The standard InChI is InChI=1S/C22H22ClN3O2S/c1-14-6-7-15(23)13-16(14)18-8-9-19(28-18)21-20(17-5-3-4-10-24-17)25-22(29)26(21)11-12-27-2/h3-10,13,20-21H,11-12H2,1-2H3,(H,25,29)/t20-,21+/m0/s1. The molecule has 3 aromatic rings. The van der Waals surface area contributed by atoms with E-state index in [-0.39, 0.29) is 12.1 Å². The second-order valence-electron chi connectivity index (χ2n) is 6.97. The van der Waals surface area contributed by atoms with Crippen molar-refractivity contribution >= 4 is 28.9 Å². The number of aryl methyl sites for hydroxylation is 1. The fourth-order valence-electron chi connectivity index (χ4n) is 3.66. The molecule has 1 aliphatic rings. The van der Waals surface area contributed by atoms with Gasteiger partial charge in [0.15, 0.2) is 5.11 Å². The van der Waals surface area contributed by atoms with Crippen LogP contribution < -0.4 is 5.32 Å². The monoisotopic (exact) mass is 427 g/mol. The van der Waals surface area contributed by atoms with Gasteiger partial charge in [-0.2, -0.15) is 0 Å². The zero-order valence-corrected chi connectivity index (χ0v) is 17.8. The maximum Gasteiger partial charge on any atom is 0.170 e. The lowest BCUT2D eigenvalue weighted by atomic mass is 10.0. The van der Waals surface area contributed by atoms with E-state index in [1.54, 1.807) is 13.3 Å². The summed E-state index contributed by atoms with van der Waals surface area (Å²) < 4.78 is 11.6. The fraction of sp³-hybridized carbons (Fsp3) is 0.273. The van der Waals surface area contributed by atoms with Gasteiger partial charge in [-0.15, -0.1) is 0 Å². The van der Waals surface area contributed by atoms with Gasteiger partial charge in [-0.05, 0) is 61.1 Å². The van der Waals surface area contributed by atoms with E-state index in [0.29, 0.717) is 23.3 Å². The average Bonchev–Trinajstić information content (AvgIpc) is 3.33. The van der Waals surface area contributed by atoms with Crippen molar-refractivity contribution in [2.45, 2.75) is 19.0 Å². The van der Waals surface area contributed by atoms with Crippen LogP contribution in [0.15, 0.2) is 59.1 Å². The van der Waals surface area contributed by atoms with Crippen LogP contribution in [-0.4, -0.2) is 35.3 Å². The molecule has 4 rings (SSSR count). The Kier molecular flexibility index (Phi) is 5.85. The number of halogens is 1. The third kappa shape index (κ3) is 4.01. The minimum absolute atomic E-state index is 0.111. The summed E-state index contributed by atoms with van der Waals surface area (Å²) in [5.74, 6) is 1.60. The van der Waals surface area contributed by atoms with Crippen LogP contribution in [0.25, 0.3) is 11.3 Å². The maximum absolute atomic E-state index is 6.33. The van der Waals surface area contributed by atoms with Crippen LogP contribution in [-0.2, 0) is 4.74 Å². The molecular formula is C22H22ClN3O2S. The molecule has 29 heavy (non-hydrogen) atoms. The van der Waals surface area contributed by atoms with Gasteiger partial charge in [0.1, 0.15) is 17.6 Å². The molecule has 1 saturated heterocycles. The van der Waals surface area contributed by atoms with Crippen molar-refractivity contribution in [1.82, 2.24) is 15.2 Å². The topological polar surface area (TPSA) is 50.5 Å². The number of rotatable bonds is 6. The van der Waals surface area contributed by atoms with Crippen molar-refractivity contribution in [1.29, 1.82) is 0 Å². The zero-order chi connectivity index (χ0) is 20.4. The number of nitrogens with zero attached hydrogens (tertiary/aromatic N) is 2. The van der Waals surface area contributed by atoms with E-state index >= 15 is 0 Å². The highest BCUT2D eigenvalue weighted by Crippen LogP contribution is 2.40. The average molecular weight is 428 g/mol. The Morgan fingerprint density at radius 1 is 1.24 bits per heavy atom. The van der Waals surface area contributed by atoms with Crippen molar-refractivity contribution in [3.63, 3.8) is 0 Å².